The molecule has 2 atom stereocenters. The van der Waals surface area contributed by atoms with Crippen molar-refractivity contribution >= 4 is 11.4 Å². The molecule has 1 fully saturated rings. The molecule has 0 amide bonds. The molecule has 1 aliphatic heterocycles. The molecule has 0 radical (unpaired) electrons. The van der Waals surface area contributed by atoms with Crippen molar-refractivity contribution < 1.29 is 4.74 Å². The maximum absolute atomic E-state index is 5.83. The first-order valence-corrected chi connectivity index (χ1v) is 5.80. The first-order chi connectivity index (χ1) is 7.59. The molecule has 0 spiro atoms. The summed E-state index contributed by atoms with van der Waals surface area (Å²) in [6, 6.07) is 6.66. The fourth-order valence-electron chi connectivity index (χ4n) is 2.30. The van der Waals surface area contributed by atoms with Crippen molar-refractivity contribution in [2.75, 3.05) is 24.3 Å². The number of hydrogen-bond donors (Lipinski definition) is 1. The van der Waals surface area contributed by atoms with E-state index in [-0.39, 0.29) is 0 Å². The highest BCUT2D eigenvalue weighted by Gasteiger charge is 2.28. The van der Waals surface area contributed by atoms with Gasteiger partial charge in [-0.25, -0.2) is 0 Å². The lowest BCUT2D eigenvalue weighted by Gasteiger charge is -2.29. The molecular formula is C13H20N2O. The van der Waals surface area contributed by atoms with Crippen LogP contribution in [0.1, 0.15) is 18.9 Å². The van der Waals surface area contributed by atoms with Crippen LogP contribution in [0.3, 0.4) is 0 Å². The molecule has 0 aromatic heterocycles. The van der Waals surface area contributed by atoms with Crippen molar-refractivity contribution in [2.45, 2.75) is 32.4 Å². The van der Waals surface area contributed by atoms with Crippen LogP contribution in [0.25, 0.3) is 0 Å². The van der Waals surface area contributed by atoms with Crippen LogP contribution in [0.15, 0.2) is 18.2 Å². The lowest BCUT2D eigenvalue weighted by Crippen LogP contribution is -2.36. The second-order valence-electron chi connectivity index (χ2n) is 4.58. The Morgan fingerprint density at radius 1 is 1.44 bits per heavy atom. The molecule has 0 saturated carbocycles. The molecule has 2 N–H and O–H groups in total. The number of nitrogen functional groups attached to an aromatic ring is 1. The van der Waals surface area contributed by atoms with E-state index in [1.807, 2.05) is 13.0 Å². The van der Waals surface area contributed by atoms with E-state index in [0.717, 1.165) is 24.3 Å². The standard InChI is InChI=1S/C13H20N2O/c1-9-8-11(4-5-12(9)14)15(3)13-6-7-16-10(13)2/h4-5,8,10,13H,6-7,14H2,1-3H3. The van der Waals surface area contributed by atoms with Gasteiger partial charge < -0.3 is 15.4 Å². The van der Waals surface area contributed by atoms with Gasteiger partial charge in [0.25, 0.3) is 0 Å². The maximum Gasteiger partial charge on any atom is 0.0750 e. The quantitative estimate of drug-likeness (QED) is 0.776. The normalized spacial score (nSPS) is 24.7. The van der Waals surface area contributed by atoms with Gasteiger partial charge in [0.2, 0.25) is 0 Å². The number of nitrogens with zero attached hydrogens (tertiary/aromatic N) is 1. The highest BCUT2D eigenvalue weighted by Crippen LogP contribution is 2.26. The summed E-state index contributed by atoms with van der Waals surface area (Å²) in [5, 5.41) is 0. The van der Waals surface area contributed by atoms with Gasteiger partial charge in [0.05, 0.1) is 12.1 Å². The van der Waals surface area contributed by atoms with E-state index in [1.54, 1.807) is 0 Å². The number of hydrogen-bond acceptors (Lipinski definition) is 3. The second kappa shape index (κ2) is 4.34. The summed E-state index contributed by atoms with van der Waals surface area (Å²) in [7, 11) is 2.13. The molecule has 2 unspecified atom stereocenters. The van der Waals surface area contributed by atoms with Gasteiger partial charge in [0, 0.05) is 25.0 Å². The molecule has 1 aromatic rings. The van der Waals surface area contributed by atoms with Gasteiger partial charge in [-0.1, -0.05) is 0 Å². The summed E-state index contributed by atoms with van der Waals surface area (Å²) in [4.78, 5) is 2.30. The molecule has 16 heavy (non-hydrogen) atoms. The minimum absolute atomic E-state index is 0.308. The first-order valence-electron chi connectivity index (χ1n) is 5.80. The van der Waals surface area contributed by atoms with Crippen LogP contribution in [-0.2, 0) is 4.74 Å². The van der Waals surface area contributed by atoms with Crippen LogP contribution >= 0.6 is 0 Å². The highest BCUT2D eigenvalue weighted by atomic mass is 16.5. The molecule has 3 heteroatoms. The molecule has 0 aliphatic carbocycles. The molecule has 88 valence electrons. The third kappa shape index (κ3) is 2.00. The predicted octanol–water partition coefficient (Wildman–Crippen LogP) is 2.19. The van der Waals surface area contributed by atoms with Crippen LogP contribution in [0, 0.1) is 6.92 Å². The van der Waals surface area contributed by atoms with Crippen molar-refractivity contribution in [2.24, 2.45) is 0 Å². The number of aryl methyl sites for hydroxylation is 1. The number of likely N-dealkylation sites (N-methyl/N-ethyl adjacent to an activating group) is 1. The van der Waals surface area contributed by atoms with E-state index in [1.165, 1.54) is 5.69 Å². The van der Waals surface area contributed by atoms with Crippen molar-refractivity contribution in [3.8, 4) is 0 Å². The average molecular weight is 220 g/mol. The van der Waals surface area contributed by atoms with Crippen molar-refractivity contribution in [3.63, 3.8) is 0 Å². The summed E-state index contributed by atoms with van der Waals surface area (Å²) in [5.41, 5.74) is 9.03. The minimum atomic E-state index is 0.308. The lowest BCUT2D eigenvalue weighted by atomic mass is 10.1. The second-order valence-corrected chi connectivity index (χ2v) is 4.58. The Balaban J connectivity index is 2.20. The summed E-state index contributed by atoms with van der Waals surface area (Å²) >= 11 is 0. The number of anilines is 2. The first kappa shape index (κ1) is 11.3. The average Bonchev–Trinajstić information content (AvgIpc) is 2.67. The van der Waals surface area contributed by atoms with Gasteiger partial charge in [-0.3, -0.25) is 0 Å². The molecule has 1 aliphatic rings. The van der Waals surface area contributed by atoms with Crippen LogP contribution in [0.5, 0.6) is 0 Å². The van der Waals surface area contributed by atoms with E-state index < -0.39 is 0 Å². The van der Waals surface area contributed by atoms with E-state index in [9.17, 15) is 0 Å². The smallest absolute Gasteiger partial charge is 0.0750 e. The van der Waals surface area contributed by atoms with Gasteiger partial charge in [0.15, 0.2) is 0 Å². The molecule has 1 aromatic carbocycles. The molecule has 1 saturated heterocycles. The van der Waals surface area contributed by atoms with Crippen LogP contribution in [-0.4, -0.2) is 25.8 Å². The van der Waals surface area contributed by atoms with Crippen LogP contribution < -0.4 is 10.6 Å². The van der Waals surface area contributed by atoms with Crippen molar-refractivity contribution in [3.05, 3.63) is 23.8 Å². The molecule has 0 bridgehead atoms. The molecular weight excluding hydrogens is 200 g/mol. The Kier molecular flexibility index (Phi) is 3.06. The summed E-state index contributed by atoms with van der Waals surface area (Å²) < 4.78 is 5.60. The Bertz CT molecular complexity index is 378. The zero-order valence-electron chi connectivity index (χ0n) is 10.2. The van der Waals surface area contributed by atoms with E-state index in [4.69, 9.17) is 10.5 Å². The van der Waals surface area contributed by atoms with E-state index in [2.05, 4.69) is 31.0 Å². The fraction of sp³-hybridized carbons (Fsp3) is 0.538. The van der Waals surface area contributed by atoms with Crippen molar-refractivity contribution in [1.82, 2.24) is 0 Å². The van der Waals surface area contributed by atoms with Crippen LogP contribution in [0.4, 0.5) is 11.4 Å². The fourth-order valence-corrected chi connectivity index (χ4v) is 2.30. The molecule has 3 nitrogen and oxygen atoms in total. The number of nitrogens with two attached hydrogens (primary N) is 1. The minimum Gasteiger partial charge on any atom is -0.399 e. The lowest BCUT2D eigenvalue weighted by molar-refractivity contribution is 0.118. The third-order valence-corrected chi connectivity index (χ3v) is 3.49. The predicted molar refractivity (Wildman–Crippen MR) is 67.8 cm³/mol. The highest BCUT2D eigenvalue weighted by molar-refractivity contribution is 5.58. The number of ether oxygens (including phenoxy) is 1. The van der Waals surface area contributed by atoms with E-state index >= 15 is 0 Å². The van der Waals surface area contributed by atoms with Crippen LogP contribution in [0.2, 0.25) is 0 Å². The largest absolute Gasteiger partial charge is 0.399 e. The Morgan fingerprint density at radius 3 is 2.75 bits per heavy atom. The topological polar surface area (TPSA) is 38.5 Å². The molecule has 1 heterocycles. The summed E-state index contributed by atoms with van der Waals surface area (Å²) in [5.74, 6) is 0. The van der Waals surface area contributed by atoms with E-state index in [0.29, 0.717) is 12.1 Å². The Hall–Kier alpha value is -1.22. The zero-order valence-corrected chi connectivity index (χ0v) is 10.2. The monoisotopic (exact) mass is 220 g/mol. The maximum atomic E-state index is 5.83. The summed E-state index contributed by atoms with van der Waals surface area (Å²) in [6.45, 7) is 5.05. The zero-order chi connectivity index (χ0) is 11.7. The molecule has 2 rings (SSSR count). The van der Waals surface area contributed by atoms with Gasteiger partial charge in [-0.2, -0.15) is 0 Å². The van der Waals surface area contributed by atoms with Gasteiger partial charge in [-0.05, 0) is 44.0 Å². The summed E-state index contributed by atoms with van der Waals surface area (Å²) in [6.07, 6.45) is 1.41. The Labute approximate surface area is 97.2 Å². The number of benzene rings is 1. The van der Waals surface area contributed by atoms with Gasteiger partial charge in [0.1, 0.15) is 0 Å². The Morgan fingerprint density at radius 2 is 2.19 bits per heavy atom. The third-order valence-electron chi connectivity index (χ3n) is 3.49. The van der Waals surface area contributed by atoms with Gasteiger partial charge in [-0.15, -0.1) is 0 Å². The van der Waals surface area contributed by atoms with Gasteiger partial charge >= 0.3 is 0 Å². The number of rotatable bonds is 2. The SMILES string of the molecule is Cc1cc(N(C)C2CCOC2C)ccc1N. The van der Waals surface area contributed by atoms with Crippen molar-refractivity contribution in [1.29, 1.82) is 0 Å².